The van der Waals surface area contributed by atoms with Gasteiger partial charge in [-0.1, -0.05) is 6.07 Å². The molecule has 1 heterocycles. The number of benzene rings is 1. The van der Waals surface area contributed by atoms with E-state index in [1.54, 1.807) is 18.2 Å². The average Bonchev–Trinajstić information content (AvgIpc) is 2.58. The number of hydrogen-bond donors (Lipinski definition) is 1. The number of aromatic nitrogens is 1. The molecule has 2 rings (SSSR count). The van der Waals surface area contributed by atoms with E-state index in [0.717, 1.165) is 10.6 Å². The zero-order chi connectivity index (χ0) is 12.6. The van der Waals surface area contributed by atoms with E-state index in [2.05, 4.69) is 0 Å². The van der Waals surface area contributed by atoms with Crippen LogP contribution in [0.5, 0.6) is 5.75 Å². The minimum Gasteiger partial charge on any atom is -0.478 e. The molecule has 0 aliphatic heterocycles. The Bertz CT molecular complexity index is 545. The first-order chi connectivity index (χ1) is 7.95. The number of nitrogens with two attached hydrogens (primary N) is 1. The highest BCUT2D eigenvalue weighted by Crippen LogP contribution is 2.36. The largest absolute Gasteiger partial charge is 0.478 e. The van der Waals surface area contributed by atoms with Crippen molar-refractivity contribution in [3.05, 3.63) is 30.0 Å². The molecule has 92 valence electrons. The molecule has 0 fully saturated rings. The van der Waals surface area contributed by atoms with Gasteiger partial charge >= 0.3 is 6.18 Å². The molecule has 2 aromatic rings. The molecule has 0 radical (unpaired) electrons. The Balaban J connectivity index is 2.68. The van der Waals surface area contributed by atoms with Gasteiger partial charge in [-0.15, -0.1) is 0 Å². The van der Waals surface area contributed by atoms with Crippen molar-refractivity contribution >= 4 is 10.9 Å². The normalized spacial score (nSPS) is 12.1. The summed E-state index contributed by atoms with van der Waals surface area (Å²) >= 11 is 0. The number of ether oxygens (including phenoxy) is 1. The number of halogens is 3. The van der Waals surface area contributed by atoms with Gasteiger partial charge in [-0.3, -0.25) is 5.73 Å². The van der Waals surface area contributed by atoms with Crippen molar-refractivity contribution in [3.8, 4) is 5.75 Å². The average molecular weight is 244 g/mol. The third-order valence-electron chi connectivity index (χ3n) is 2.58. The summed E-state index contributed by atoms with van der Waals surface area (Å²) in [6, 6.07) is 5.90. The molecule has 1 aromatic heterocycles. The van der Waals surface area contributed by atoms with Crippen LogP contribution in [0.2, 0.25) is 0 Å². The van der Waals surface area contributed by atoms with E-state index in [0.29, 0.717) is 16.7 Å². The third-order valence-corrected chi connectivity index (χ3v) is 2.58. The summed E-state index contributed by atoms with van der Waals surface area (Å²) in [6.45, 7) is -0.0740. The molecule has 3 nitrogen and oxygen atoms in total. The van der Waals surface area contributed by atoms with Gasteiger partial charge in [0, 0.05) is 12.4 Å². The number of aryl methyl sites for hydroxylation is 1. The molecule has 2 N–H and O–H groups in total. The first-order valence-electron chi connectivity index (χ1n) is 4.93. The van der Waals surface area contributed by atoms with Gasteiger partial charge in [0.25, 0.3) is 0 Å². The van der Waals surface area contributed by atoms with Crippen LogP contribution in [-0.2, 0) is 13.2 Å². The van der Waals surface area contributed by atoms with Crippen molar-refractivity contribution < 1.29 is 17.9 Å². The molecule has 0 aliphatic carbocycles. The van der Waals surface area contributed by atoms with Crippen molar-refractivity contribution in [2.75, 3.05) is 6.73 Å². The summed E-state index contributed by atoms with van der Waals surface area (Å²) in [5.74, 6) is 0.358. The third kappa shape index (κ3) is 1.95. The molecule has 0 atom stereocenters. The monoisotopic (exact) mass is 244 g/mol. The molecule has 1 aromatic carbocycles. The Labute approximate surface area is 95.6 Å². The zero-order valence-electron chi connectivity index (χ0n) is 9.08. The second-order valence-corrected chi connectivity index (χ2v) is 3.59. The fourth-order valence-electron chi connectivity index (χ4n) is 1.82. The molecule has 0 amide bonds. The lowest BCUT2D eigenvalue weighted by Gasteiger charge is -2.07. The summed E-state index contributed by atoms with van der Waals surface area (Å²) < 4.78 is 44.3. The second-order valence-electron chi connectivity index (χ2n) is 3.59. The standard InChI is InChI=1S/C11H11F3N2O/c1-16-8-3-2-4-9(17-6-15)7(8)5-10(16)11(12,13)14/h2-5H,6,15H2,1H3. The van der Waals surface area contributed by atoms with E-state index < -0.39 is 11.9 Å². The predicted octanol–water partition coefficient (Wildman–Crippen LogP) is 2.49. The van der Waals surface area contributed by atoms with Crippen LogP contribution in [0.4, 0.5) is 13.2 Å². The Hall–Kier alpha value is -1.69. The molecule has 0 bridgehead atoms. The Kier molecular flexibility index (Phi) is 2.74. The van der Waals surface area contributed by atoms with Gasteiger partial charge in [-0.05, 0) is 18.2 Å². The quantitative estimate of drug-likeness (QED) is 0.824. The van der Waals surface area contributed by atoms with Crippen LogP contribution in [-0.4, -0.2) is 11.3 Å². The lowest BCUT2D eigenvalue weighted by molar-refractivity contribution is -0.142. The van der Waals surface area contributed by atoms with Crippen molar-refractivity contribution in [2.45, 2.75) is 6.18 Å². The molecular formula is C11H11F3N2O. The van der Waals surface area contributed by atoms with E-state index in [4.69, 9.17) is 10.5 Å². The molecule has 0 spiro atoms. The number of fused-ring (bicyclic) bond motifs is 1. The summed E-state index contributed by atoms with van der Waals surface area (Å²) in [5, 5.41) is 0.410. The van der Waals surface area contributed by atoms with Gasteiger partial charge in [0.2, 0.25) is 0 Å². The number of hydrogen-bond acceptors (Lipinski definition) is 2. The van der Waals surface area contributed by atoms with Gasteiger partial charge in [0.1, 0.15) is 18.2 Å². The highest BCUT2D eigenvalue weighted by atomic mass is 19.4. The van der Waals surface area contributed by atoms with E-state index in [-0.39, 0.29) is 6.73 Å². The predicted molar refractivity (Wildman–Crippen MR) is 57.6 cm³/mol. The van der Waals surface area contributed by atoms with Gasteiger partial charge < -0.3 is 9.30 Å². The Morgan fingerprint density at radius 1 is 1.35 bits per heavy atom. The number of rotatable bonds is 2. The minimum absolute atomic E-state index is 0.0740. The summed E-state index contributed by atoms with van der Waals surface area (Å²) in [5.41, 5.74) is 4.98. The lowest BCUT2D eigenvalue weighted by Crippen LogP contribution is -2.10. The van der Waals surface area contributed by atoms with E-state index in [9.17, 15) is 13.2 Å². The van der Waals surface area contributed by atoms with Gasteiger partial charge in [0.15, 0.2) is 0 Å². The molecule has 17 heavy (non-hydrogen) atoms. The second kappa shape index (κ2) is 3.96. The van der Waals surface area contributed by atoms with Crippen LogP contribution in [0.1, 0.15) is 5.69 Å². The van der Waals surface area contributed by atoms with Crippen LogP contribution in [0.25, 0.3) is 10.9 Å². The highest BCUT2D eigenvalue weighted by molar-refractivity contribution is 5.87. The van der Waals surface area contributed by atoms with Crippen LogP contribution in [0.15, 0.2) is 24.3 Å². The molecule has 0 unspecified atom stereocenters. The zero-order valence-corrected chi connectivity index (χ0v) is 9.08. The van der Waals surface area contributed by atoms with E-state index in [1.165, 1.54) is 7.05 Å². The first-order valence-corrected chi connectivity index (χ1v) is 4.93. The minimum atomic E-state index is -4.38. The maximum atomic E-state index is 12.7. The number of alkyl halides is 3. The molecular weight excluding hydrogens is 233 g/mol. The molecule has 0 saturated carbocycles. The fourth-order valence-corrected chi connectivity index (χ4v) is 1.82. The Morgan fingerprint density at radius 2 is 2.06 bits per heavy atom. The smallest absolute Gasteiger partial charge is 0.431 e. The van der Waals surface area contributed by atoms with Crippen LogP contribution < -0.4 is 10.5 Å². The summed E-state index contributed by atoms with van der Waals surface area (Å²) in [7, 11) is 1.37. The van der Waals surface area contributed by atoms with Crippen molar-refractivity contribution in [2.24, 2.45) is 12.8 Å². The number of nitrogens with zero attached hydrogens (tertiary/aromatic N) is 1. The summed E-state index contributed by atoms with van der Waals surface area (Å²) in [4.78, 5) is 0. The first kappa shape index (κ1) is 11.8. The van der Waals surface area contributed by atoms with Crippen molar-refractivity contribution in [3.63, 3.8) is 0 Å². The Morgan fingerprint density at radius 3 is 2.65 bits per heavy atom. The topological polar surface area (TPSA) is 40.2 Å². The van der Waals surface area contributed by atoms with E-state index >= 15 is 0 Å². The van der Waals surface area contributed by atoms with Gasteiger partial charge in [-0.25, -0.2) is 0 Å². The van der Waals surface area contributed by atoms with Crippen molar-refractivity contribution in [1.82, 2.24) is 4.57 Å². The lowest BCUT2D eigenvalue weighted by atomic mass is 10.2. The molecule has 0 aliphatic rings. The SMILES string of the molecule is Cn1c(C(F)(F)F)cc2c(OCN)cccc21. The van der Waals surface area contributed by atoms with Gasteiger partial charge in [0.05, 0.1) is 5.52 Å². The maximum absolute atomic E-state index is 12.7. The van der Waals surface area contributed by atoms with E-state index in [1.807, 2.05) is 0 Å². The molecule has 6 heteroatoms. The van der Waals surface area contributed by atoms with Crippen molar-refractivity contribution in [1.29, 1.82) is 0 Å². The summed E-state index contributed by atoms with van der Waals surface area (Å²) in [6.07, 6.45) is -4.38. The molecule has 0 saturated heterocycles. The fraction of sp³-hybridized carbons (Fsp3) is 0.273. The maximum Gasteiger partial charge on any atom is 0.431 e. The van der Waals surface area contributed by atoms with Crippen LogP contribution >= 0.6 is 0 Å². The van der Waals surface area contributed by atoms with Gasteiger partial charge in [-0.2, -0.15) is 13.2 Å². The van der Waals surface area contributed by atoms with Crippen LogP contribution in [0.3, 0.4) is 0 Å². The highest BCUT2D eigenvalue weighted by Gasteiger charge is 2.34. The van der Waals surface area contributed by atoms with Crippen LogP contribution in [0, 0.1) is 0 Å².